The van der Waals surface area contributed by atoms with Crippen LogP contribution in [0.3, 0.4) is 0 Å². The van der Waals surface area contributed by atoms with Gasteiger partial charge in [-0.1, -0.05) is 29.8 Å². The lowest BCUT2D eigenvalue weighted by molar-refractivity contribution is 0.0924. The Bertz CT molecular complexity index is 1120. The van der Waals surface area contributed by atoms with Crippen molar-refractivity contribution < 1.29 is 17.6 Å². The van der Waals surface area contributed by atoms with E-state index in [0.717, 1.165) is 9.69 Å². The quantitative estimate of drug-likeness (QED) is 0.702. The van der Waals surface area contributed by atoms with Gasteiger partial charge in [0.1, 0.15) is 5.58 Å². The molecule has 0 fully saturated rings. The van der Waals surface area contributed by atoms with Gasteiger partial charge in [0.2, 0.25) is 10.0 Å². The van der Waals surface area contributed by atoms with Crippen LogP contribution in [0, 0.1) is 6.92 Å². The van der Waals surface area contributed by atoms with Crippen molar-refractivity contribution >= 4 is 38.5 Å². The molecule has 3 aromatic rings. The number of hydrogen-bond donors (Lipinski definition) is 1. The Morgan fingerprint density at radius 3 is 2.59 bits per heavy atom. The third kappa shape index (κ3) is 3.71. The van der Waals surface area contributed by atoms with E-state index < -0.39 is 15.9 Å². The third-order valence-corrected chi connectivity index (χ3v) is 6.43. The van der Waals surface area contributed by atoms with Gasteiger partial charge in [-0.3, -0.25) is 4.79 Å². The molecule has 1 amide bonds. The smallest absolute Gasteiger partial charge is 0.287 e. The molecule has 2 aromatic carbocycles. The molecule has 142 valence electrons. The minimum absolute atomic E-state index is 0.0549. The molecule has 0 spiro atoms. The lowest BCUT2D eigenvalue weighted by Crippen LogP contribution is -2.27. The van der Waals surface area contributed by atoms with Crippen LogP contribution in [0.1, 0.15) is 21.7 Å². The van der Waals surface area contributed by atoms with Gasteiger partial charge in [-0.2, -0.15) is 0 Å². The van der Waals surface area contributed by atoms with Gasteiger partial charge in [-0.15, -0.1) is 0 Å². The Morgan fingerprint density at radius 2 is 1.89 bits per heavy atom. The molecule has 27 heavy (non-hydrogen) atoms. The molecule has 1 N–H and O–H groups in total. The Kier molecular flexibility index (Phi) is 5.28. The van der Waals surface area contributed by atoms with E-state index in [1.807, 2.05) is 0 Å². The van der Waals surface area contributed by atoms with Crippen molar-refractivity contribution in [1.29, 1.82) is 0 Å². The minimum atomic E-state index is -3.61. The van der Waals surface area contributed by atoms with Gasteiger partial charge in [0, 0.05) is 36.6 Å². The summed E-state index contributed by atoms with van der Waals surface area (Å²) >= 11 is 6.00. The summed E-state index contributed by atoms with van der Waals surface area (Å²) in [6.45, 7) is 1.83. The fourth-order valence-corrected chi connectivity index (χ4v) is 4.05. The van der Waals surface area contributed by atoms with E-state index in [1.54, 1.807) is 43.3 Å². The van der Waals surface area contributed by atoms with Crippen molar-refractivity contribution in [1.82, 2.24) is 9.62 Å². The SMILES string of the molecule is Cc1c(C(=O)NCc2ccccc2S(=O)(=O)N(C)C)oc2ccc(Cl)cc12. The Hall–Kier alpha value is -2.35. The van der Waals surface area contributed by atoms with Crippen LogP contribution in [-0.2, 0) is 16.6 Å². The summed E-state index contributed by atoms with van der Waals surface area (Å²) in [5, 5.41) is 4.06. The molecule has 3 rings (SSSR count). The number of carbonyl (C=O) groups is 1. The maximum Gasteiger partial charge on any atom is 0.287 e. The first-order valence-electron chi connectivity index (χ1n) is 8.19. The van der Waals surface area contributed by atoms with Crippen molar-refractivity contribution in [2.45, 2.75) is 18.4 Å². The van der Waals surface area contributed by atoms with E-state index in [-0.39, 0.29) is 17.2 Å². The Balaban J connectivity index is 1.87. The van der Waals surface area contributed by atoms with Gasteiger partial charge in [0.05, 0.1) is 4.90 Å². The first-order valence-corrected chi connectivity index (χ1v) is 10.0. The lowest BCUT2D eigenvalue weighted by atomic mass is 10.1. The number of sulfonamides is 1. The monoisotopic (exact) mass is 406 g/mol. The molecule has 6 nitrogen and oxygen atoms in total. The molecule has 1 aromatic heterocycles. The second-order valence-electron chi connectivity index (χ2n) is 6.27. The predicted octanol–water partition coefficient (Wildman–Crippen LogP) is 3.57. The number of furan rings is 1. The molecular formula is C19H19ClN2O4S. The molecule has 0 aliphatic carbocycles. The first-order chi connectivity index (χ1) is 12.7. The number of hydrogen-bond acceptors (Lipinski definition) is 4. The van der Waals surface area contributed by atoms with E-state index in [4.69, 9.17) is 16.0 Å². The van der Waals surface area contributed by atoms with Gasteiger partial charge in [0.25, 0.3) is 5.91 Å². The fourth-order valence-electron chi connectivity index (χ4n) is 2.76. The van der Waals surface area contributed by atoms with Crippen molar-refractivity contribution in [2.24, 2.45) is 0 Å². The van der Waals surface area contributed by atoms with E-state index in [9.17, 15) is 13.2 Å². The van der Waals surface area contributed by atoms with Crippen LogP contribution in [0.15, 0.2) is 51.8 Å². The highest BCUT2D eigenvalue weighted by Crippen LogP contribution is 2.28. The summed E-state index contributed by atoms with van der Waals surface area (Å²) in [5.41, 5.74) is 1.74. The van der Waals surface area contributed by atoms with Crippen molar-refractivity contribution in [3.05, 3.63) is 64.4 Å². The third-order valence-electron chi connectivity index (χ3n) is 4.28. The highest BCUT2D eigenvalue weighted by molar-refractivity contribution is 7.89. The van der Waals surface area contributed by atoms with Crippen LogP contribution in [0.25, 0.3) is 11.0 Å². The van der Waals surface area contributed by atoms with Crippen LogP contribution in [0.5, 0.6) is 0 Å². The summed E-state index contributed by atoms with van der Waals surface area (Å²) in [5.74, 6) is -0.239. The number of aryl methyl sites for hydroxylation is 1. The zero-order chi connectivity index (χ0) is 19.8. The van der Waals surface area contributed by atoms with Gasteiger partial charge >= 0.3 is 0 Å². The highest BCUT2D eigenvalue weighted by atomic mass is 35.5. The molecule has 1 heterocycles. The van der Waals surface area contributed by atoms with Crippen molar-refractivity contribution in [2.75, 3.05) is 14.1 Å². The molecule has 0 aliphatic rings. The lowest BCUT2D eigenvalue weighted by Gasteiger charge is -2.15. The summed E-state index contributed by atoms with van der Waals surface area (Å²) in [6, 6.07) is 11.7. The Morgan fingerprint density at radius 1 is 1.19 bits per heavy atom. The normalized spacial score (nSPS) is 11.9. The van der Waals surface area contributed by atoms with E-state index in [0.29, 0.717) is 21.7 Å². The highest BCUT2D eigenvalue weighted by Gasteiger charge is 2.22. The van der Waals surface area contributed by atoms with E-state index >= 15 is 0 Å². The molecule has 8 heteroatoms. The summed E-state index contributed by atoms with van der Waals surface area (Å²) in [7, 11) is -0.678. The maximum atomic E-state index is 12.6. The zero-order valence-corrected chi connectivity index (χ0v) is 16.7. The number of amides is 1. The topological polar surface area (TPSA) is 79.6 Å². The van der Waals surface area contributed by atoms with E-state index in [1.165, 1.54) is 20.2 Å². The zero-order valence-electron chi connectivity index (χ0n) is 15.1. The predicted molar refractivity (Wildman–Crippen MR) is 104 cm³/mol. The molecule has 0 radical (unpaired) electrons. The summed E-state index contributed by atoms with van der Waals surface area (Å²) in [4.78, 5) is 12.7. The molecule has 0 aliphatic heterocycles. The molecule has 0 saturated carbocycles. The largest absolute Gasteiger partial charge is 0.451 e. The van der Waals surface area contributed by atoms with Crippen molar-refractivity contribution in [3.8, 4) is 0 Å². The second kappa shape index (κ2) is 7.34. The number of halogens is 1. The van der Waals surface area contributed by atoms with Gasteiger partial charge in [0.15, 0.2) is 5.76 Å². The number of rotatable bonds is 5. The van der Waals surface area contributed by atoms with Gasteiger partial charge < -0.3 is 9.73 Å². The number of fused-ring (bicyclic) bond motifs is 1. The van der Waals surface area contributed by atoms with Crippen molar-refractivity contribution in [3.63, 3.8) is 0 Å². The second-order valence-corrected chi connectivity index (χ2v) is 8.83. The number of nitrogens with zero attached hydrogens (tertiary/aromatic N) is 1. The first kappa shape index (κ1) is 19.4. The molecule has 0 unspecified atom stereocenters. The van der Waals surface area contributed by atoms with Crippen LogP contribution in [0.4, 0.5) is 0 Å². The molecule has 0 bridgehead atoms. The van der Waals surface area contributed by atoms with Crippen LogP contribution in [0.2, 0.25) is 5.02 Å². The molecule has 0 atom stereocenters. The number of carbonyl (C=O) groups excluding carboxylic acids is 1. The van der Waals surface area contributed by atoms with Gasteiger partial charge in [-0.25, -0.2) is 12.7 Å². The van der Waals surface area contributed by atoms with Crippen LogP contribution in [-0.4, -0.2) is 32.7 Å². The molecule has 0 saturated heterocycles. The van der Waals surface area contributed by atoms with Gasteiger partial charge in [-0.05, 0) is 36.8 Å². The van der Waals surface area contributed by atoms with E-state index in [2.05, 4.69) is 5.32 Å². The molecular weight excluding hydrogens is 388 g/mol. The maximum absolute atomic E-state index is 12.6. The standard InChI is InChI=1S/C19H19ClN2O4S/c1-12-15-10-14(20)8-9-16(15)26-18(12)19(23)21-11-13-6-4-5-7-17(13)27(24,25)22(2)3/h4-10H,11H2,1-3H3,(H,21,23). The average molecular weight is 407 g/mol. The summed E-state index contributed by atoms with van der Waals surface area (Å²) < 4.78 is 31.7. The minimum Gasteiger partial charge on any atom is -0.451 e. The Labute approximate surface area is 162 Å². The summed E-state index contributed by atoms with van der Waals surface area (Å²) in [6.07, 6.45) is 0. The average Bonchev–Trinajstić information content (AvgIpc) is 2.96. The van der Waals surface area contributed by atoms with Crippen LogP contribution >= 0.6 is 11.6 Å². The fraction of sp³-hybridized carbons (Fsp3) is 0.211. The van der Waals surface area contributed by atoms with Crippen LogP contribution < -0.4 is 5.32 Å². The number of nitrogens with one attached hydrogen (secondary N) is 1. The number of benzene rings is 2.